The van der Waals surface area contributed by atoms with Crippen LogP contribution in [0.5, 0.6) is 0 Å². The van der Waals surface area contributed by atoms with Crippen LogP contribution in [0.4, 0.5) is 5.69 Å². The average Bonchev–Trinajstić information content (AvgIpc) is 2.75. The molecule has 0 saturated heterocycles. The normalized spacial score (nSPS) is 15.5. The molecular weight excluding hydrogens is 292 g/mol. The number of amides is 1. The molecule has 1 aromatic carbocycles. The van der Waals surface area contributed by atoms with Gasteiger partial charge < -0.3 is 10.6 Å². The predicted molar refractivity (Wildman–Crippen MR) is 85.5 cm³/mol. The van der Waals surface area contributed by atoms with Gasteiger partial charge in [-0.1, -0.05) is 23.3 Å². The van der Waals surface area contributed by atoms with Gasteiger partial charge in [0.05, 0.1) is 5.69 Å². The van der Waals surface area contributed by atoms with E-state index in [0.717, 1.165) is 23.1 Å². The monoisotopic (exact) mass is 306 g/mol. The molecule has 1 aliphatic heterocycles. The van der Waals surface area contributed by atoms with Gasteiger partial charge in [-0.25, -0.2) is 0 Å². The second-order valence-corrected chi connectivity index (χ2v) is 6.53. The van der Waals surface area contributed by atoms with Crippen LogP contribution in [0.2, 0.25) is 5.02 Å². The maximum absolute atomic E-state index is 12.6. The Labute approximate surface area is 126 Å². The maximum atomic E-state index is 12.6. The number of anilines is 1. The smallest absolute Gasteiger partial charge is 0.266 e. The van der Waals surface area contributed by atoms with Crippen LogP contribution in [-0.2, 0) is 0 Å². The van der Waals surface area contributed by atoms with Gasteiger partial charge in [-0.3, -0.25) is 4.79 Å². The van der Waals surface area contributed by atoms with Crippen molar-refractivity contribution in [2.24, 2.45) is 0 Å². The summed E-state index contributed by atoms with van der Waals surface area (Å²) in [5, 5.41) is 1.57. The third-order valence-corrected chi connectivity index (χ3v) is 5.00. The highest BCUT2D eigenvalue weighted by Gasteiger charge is 2.23. The topological polar surface area (TPSA) is 46.3 Å². The van der Waals surface area contributed by atoms with Crippen LogP contribution in [0.1, 0.15) is 23.0 Å². The van der Waals surface area contributed by atoms with Crippen molar-refractivity contribution in [2.45, 2.75) is 13.3 Å². The van der Waals surface area contributed by atoms with Gasteiger partial charge in [0.15, 0.2) is 0 Å². The SMILES string of the molecule is CC1=CCN(C(=O)c2sc3cc(Cl)ccc3c2N)CC1. The Kier molecular flexibility index (Phi) is 3.44. The van der Waals surface area contributed by atoms with E-state index in [0.29, 0.717) is 22.1 Å². The Balaban J connectivity index is 1.98. The zero-order valence-corrected chi connectivity index (χ0v) is 12.7. The molecule has 0 spiro atoms. The lowest BCUT2D eigenvalue weighted by molar-refractivity contribution is 0.0775. The summed E-state index contributed by atoms with van der Waals surface area (Å²) in [6.45, 7) is 3.52. The summed E-state index contributed by atoms with van der Waals surface area (Å²) in [5.41, 5.74) is 8.03. The quantitative estimate of drug-likeness (QED) is 0.811. The van der Waals surface area contributed by atoms with Gasteiger partial charge >= 0.3 is 0 Å². The van der Waals surface area contributed by atoms with Gasteiger partial charge in [0.25, 0.3) is 5.91 Å². The molecule has 0 aliphatic carbocycles. The van der Waals surface area contributed by atoms with Gasteiger partial charge in [0.1, 0.15) is 4.88 Å². The zero-order chi connectivity index (χ0) is 14.3. The lowest BCUT2D eigenvalue weighted by atomic mass is 10.1. The number of carbonyl (C=O) groups excluding carboxylic acids is 1. The minimum absolute atomic E-state index is 0.0172. The van der Waals surface area contributed by atoms with Gasteiger partial charge in [0, 0.05) is 28.2 Å². The molecule has 1 aromatic heterocycles. The summed E-state index contributed by atoms with van der Waals surface area (Å²) in [6.07, 6.45) is 3.03. The number of rotatable bonds is 1. The average molecular weight is 307 g/mol. The number of halogens is 1. The first-order valence-corrected chi connectivity index (χ1v) is 7.68. The van der Waals surface area contributed by atoms with E-state index in [-0.39, 0.29) is 5.91 Å². The van der Waals surface area contributed by atoms with Gasteiger partial charge in [-0.05, 0) is 31.5 Å². The zero-order valence-electron chi connectivity index (χ0n) is 11.1. The molecule has 2 heterocycles. The molecule has 0 radical (unpaired) electrons. The van der Waals surface area contributed by atoms with E-state index in [4.69, 9.17) is 17.3 Å². The summed E-state index contributed by atoms with van der Waals surface area (Å²) in [4.78, 5) is 15.0. The van der Waals surface area contributed by atoms with Gasteiger partial charge in [-0.15, -0.1) is 11.3 Å². The summed E-state index contributed by atoms with van der Waals surface area (Å²) in [5.74, 6) is 0.0172. The minimum atomic E-state index is 0.0172. The molecule has 20 heavy (non-hydrogen) atoms. The number of hydrogen-bond donors (Lipinski definition) is 1. The number of fused-ring (bicyclic) bond motifs is 1. The fraction of sp³-hybridized carbons (Fsp3) is 0.267. The molecule has 0 fully saturated rings. The standard InChI is InChI=1S/C15H15ClN2OS/c1-9-4-6-18(7-5-9)15(19)14-13(17)11-3-2-10(16)8-12(11)20-14/h2-4,8H,5-7,17H2,1H3. The van der Waals surface area contributed by atoms with Crippen LogP contribution in [0.15, 0.2) is 29.8 Å². The number of benzene rings is 1. The number of hydrogen-bond acceptors (Lipinski definition) is 3. The van der Waals surface area contributed by atoms with E-state index in [1.165, 1.54) is 16.9 Å². The van der Waals surface area contributed by atoms with Crippen molar-refractivity contribution in [3.63, 3.8) is 0 Å². The van der Waals surface area contributed by atoms with Crippen LogP contribution < -0.4 is 5.73 Å². The van der Waals surface area contributed by atoms with Crippen molar-refractivity contribution >= 4 is 44.6 Å². The molecule has 2 aromatic rings. The highest BCUT2D eigenvalue weighted by atomic mass is 35.5. The molecular formula is C15H15ClN2OS. The van der Waals surface area contributed by atoms with Crippen LogP contribution in [-0.4, -0.2) is 23.9 Å². The van der Waals surface area contributed by atoms with Crippen LogP contribution in [0, 0.1) is 0 Å². The first-order chi connectivity index (χ1) is 9.56. The van der Waals surface area contributed by atoms with E-state index >= 15 is 0 Å². The summed E-state index contributed by atoms with van der Waals surface area (Å²) < 4.78 is 0.960. The Morgan fingerprint density at radius 2 is 2.25 bits per heavy atom. The van der Waals surface area contributed by atoms with E-state index in [9.17, 15) is 4.79 Å². The van der Waals surface area contributed by atoms with E-state index in [2.05, 4.69) is 13.0 Å². The van der Waals surface area contributed by atoms with Crippen LogP contribution >= 0.6 is 22.9 Å². The third-order valence-electron chi connectivity index (χ3n) is 3.61. The fourth-order valence-electron chi connectivity index (χ4n) is 2.35. The van der Waals surface area contributed by atoms with E-state index in [1.807, 2.05) is 17.0 Å². The molecule has 0 unspecified atom stereocenters. The lowest BCUT2D eigenvalue weighted by Gasteiger charge is -2.25. The molecule has 1 amide bonds. The van der Waals surface area contributed by atoms with Crippen molar-refractivity contribution in [1.82, 2.24) is 4.90 Å². The second kappa shape index (κ2) is 5.11. The lowest BCUT2D eigenvalue weighted by Crippen LogP contribution is -2.34. The Bertz CT molecular complexity index is 720. The maximum Gasteiger partial charge on any atom is 0.266 e. The molecule has 3 nitrogen and oxygen atoms in total. The van der Waals surface area contributed by atoms with Crippen LogP contribution in [0.3, 0.4) is 0 Å². The third kappa shape index (κ3) is 2.30. The minimum Gasteiger partial charge on any atom is -0.397 e. The second-order valence-electron chi connectivity index (χ2n) is 5.04. The molecule has 0 atom stereocenters. The van der Waals surface area contributed by atoms with Gasteiger partial charge in [-0.2, -0.15) is 0 Å². The van der Waals surface area contributed by atoms with E-state index < -0.39 is 0 Å². The van der Waals surface area contributed by atoms with Crippen molar-refractivity contribution in [1.29, 1.82) is 0 Å². The highest BCUT2D eigenvalue weighted by molar-refractivity contribution is 7.21. The van der Waals surface area contributed by atoms with Gasteiger partial charge in [0.2, 0.25) is 0 Å². The fourth-order valence-corrected chi connectivity index (χ4v) is 3.71. The number of carbonyl (C=O) groups is 1. The van der Waals surface area contributed by atoms with Crippen molar-refractivity contribution in [3.05, 3.63) is 39.7 Å². The summed E-state index contributed by atoms with van der Waals surface area (Å²) in [6, 6.07) is 5.53. The molecule has 2 N–H and O–H groups in total. The first kappa shape index (κ1) is 13.5. The molecule has 0 bridgehead atoms. The van der Waals surface area contributed by atoms with E-state index in [1.54, 1.807) is 6.07 Å². The number of nitrogens with two attached hydrogens (primary N) is 1. The van der Waals surface area contributed by atoms with Crippen molar-refractivity contribution in [3.8, 4) is 0 Å². The summed E-state index contributed by atoms with van der Waals surface area (Å²) in [7, 11) is 0. The highest BCUT2D eigenvalue weighted by Crippen LogP contribution is 2.36. The molecule has 5 heteroatoms. The first-order valence-electron chi connectivity index (χ1n) is 6.48. The number of thiophene rings is 1. The molecule has 1 aliphatic rings. The molecule has 3 rings (SSSR count). The number of nitrogen functional groups attached to an aromatic ring is 1. The number of nitrogens with zero attached hydrogens (tertiary/aromatic N) is 1. The van der Waals surface area contributed by atoms with Crippen molar-refractivity contribution < 1.29 is 4.79 Å². The largest absolute Gasteiger partial charge is 0.397 e. The molecule has 104 valence electrons. The Hall–Kier alpha value is -1.52. The Morgan fingerprint density at radius 1 is 1.45 bits per heavy atom. The predicted octanol–water partition coefficient (Wildman–Crippen LogP) is 3.93. The Morgan fingerprint density at radius 3 is 2.95 bits per heavy atom. The molecule has 0 saturated carbocycles. The summed E-state index contributed by atoms with van der Waals surface area (Å²) >= 11 is 7.41. The van der Waals surface area contributed by atoms with Crippen molar-refractivity contribution in [2.75, 3.05) is 18.8 Å². The van der Waals surface area contributed by atoms with Crippen LogP contribution in [0.25, 0.3) is 10.1 Å².